The maximum absolute atomic E-state index is 11.8. The maximum atomic E-state index is 11.8. The van der Waals surface area contributed by atoms with Crippen LogP contribution < -0.4 is 5.32 Å². The summed E-state index contributed by atoms with van der Waals surface area (Å²) in [5.74, 6) is -0.277. The quantitative estimate of drug-likeness (QED) is 0.821. The van der Waals surface area contributed by atoms with Crippen molar-refractivity contribution in [1.82, 2.24) is 5.32 Å². The molecule has 0 aromatic heterocycles. The number of phenolic OH excluding ortho intramolecular Hbond substituents is 1. The molecule has 0 radical (unpaired) electrons. The van der Waals surface area contributed by atoms with Gasteiger partial charge in [-0.05, 0) is 38.5 Å². The Labute approximate surface area is 102 Å². The lowest BCUT2D eigenvalue weighted by molar-refractivity contribution is 0.0694. The number of hydrogen-bond acceptors (Lipinski definition) is 3. The molecule has 1 atom stereocenters. The summed E-state index contributed by atoms with van der Waals surface area (Å²) in [5.41, 5.74) is 1.21. The van der Waals surface area contributed by atoms with Gasteiger partial charge in [-0.2, -0.15) is 0 Å². The van der Waals surface area contributed by atoms with Crippen molar-refractivity contribution in [3.8, 4) is 5.75 Å². The van der Waals surface area contributed by atoms with E-state index in [2.05, 4.69) is 5.32 Å². The molecule has 0 spiro atoms. The number of ether oxygens (including phenoxy) is 1. The second-order valence-electron chi connectivity index (χ2n) is 4.00. The van der Waals surface area contributed by atoms with Gasteiger partial charge in [-0.15, -0.1) is 0 Å². The minimum Gasteiger partial charge on any atom is -0.507 e. The van der Waals surface area contributed by atoms with Crippen molar-refractivity contribution in [3.63, 3.8) is 0 Å². The molecule has 0 bridgehead atoms. The van der Waals surface area contributed by atoms with E-state index in [4.69, 9.17) is 4.74 Å². The van der Waals surface area contributed by atoms with E-state index in [0.717, 1.165) is 5.56 Å². The maximum Gasteiger partial charge on any atom is 0.255 e. The summed E-state index contributed by atoms with van der Waals surface area (Å²) < 4.78 is 5.30. The van der Waals surface area contributed by atoms with Gasteiger partial charge < -0.3 is 15.2 Å². The molecule has 4 nitrogen and oxygen atoms in total. The highest BCUT2D eigenvalue weighted by Gasteiger charge is 2.11. The van der Waals surface area contributed by atoms with Crippen LogP contribution in [-0.2, 0) is 4.74 Å². The number of aromatic hydroxyl groups is 1. The van der Waals surface area contributed by atoms with Crippen molar-refractivity contribution in [2.24, 2.45) is 0 Å². The minimum atomic E-state index is -0.283. The average molecular weight is 237 g/mol. The number of hydrogen-bond donors (Lipinski definition) is 2. The molecule has 0 fully saturated rings. The van der Waals surface area contributed by atoms with E-state index in [1.54, 1.807) is 18.2 Å². The van der Waals surface area contributed by atoms with Crippen LogP contribution >= 0.6 is 0 Å². The first kappa shape index (κ1) is 13.5. The third-order valence-corrected chi connectivity index (χ3v) is 2.40. The number of nitrogens with one attached hydrogen (secondary N) is 1. The average Bonchev–Trinajstić information content (AvgIpc) is 2.26. The monoisotopic (exact) mass is 237 g/mol. The largest absolute Gasteiger partial charge is 0.507 e. The molecule has 1 aromatic rings. The van der Waals surface area contributed by atoms with Gasteiger partial charge in [0, 0.05) is 13.2 Å². The Hall–Kier alpha value is -1.55. The van der Waals surface area contributed by atoms with Crippen LogP contribution in [0.4, 0.5) is 0 Å². The lowest BCUT2D eigenvalue weighted by Gasteiger charge is -2.13. The van der Waals surface area contributed by atoms with Crippen molar-refractivity contribution in [2.75, 3.05) is 13.2 Å². The second-order valence-corrected chi connectivity index (χ2v) is 4.00. The van der Waals surface area contributed by atoms with Crippen molar-refractivity contribution in [3.05, 3.63) is 29.3 Å². The van der Waals surface area contributed by atoms with Gasteiger partial charge in [0.05, 0.1) is 11.7 Å². The number of aryl methyl sites for hydroxylation is 1. The van der Waals surface area contributed by atoms with Gasteiger partial charge in [0.2, 0.25) is 0 Å². The van der Waals surface area contributed by atoms with E-state index < -0.39 is 0 Å². The molecule has 4 heteroatoms. The van der Waals surface area contributed by atoms with Crippen LogP contribution in [0.2, 0.25) is 0 Å². The number of carbonyl (C=O) groups excluding carboxylic acids is 1. The fourth-order valence-corrected chi connectivity index (χ4v) is 1.51. The molecule has 0 heterocycles. The molecule has 17 heavy (non-hydrogen) atoms. The highest BCUT2D eigenvalue weighted by Crippen LogP contribution is 2.17. The highest BCUT2D eigenvalue weighted by molar-refractivity contribution is 5.96. The Balaban J connectivity index is 2.58. The van der Waals surface area contributed by atoms with Crippen molar-refractivity contribution >= 4 is 5.91 Å². The molecule has 1 amide bonds. The van der Waals surface area contributed by atoms with Crippen molar-refractivity contribution in [1.29, 1.82) is 0 Å². The number of phenols is 1. The van der Waals surface area contributed by atoms with Gasteiger partial charge in [-0.3, -0.25) is 4.79 Å². The standard InChI is InChI=1S/C13H19NO3/c1-4-17-10(3)8-14-13(16)11-6-5-9(2)7-12(11)15/h5-7,10,15H,4,8H2,1-3H3,(H,14,16). The van der Waals surface area contributed by atoms with E-state index in [-0.39, 0.29) is 17.8 Å². The fourth-order valence-electron chi connectivity index (χ4n) is 1.51. The first-order chi connectivity index (χ1) is 8.04. The first-order valence-corrected chi connectivity index (χ1v) is 5.74. The summed E-state index contributed by atoms with van der Waals surface area (Å²) in [6, 6.07) is 4.98. The number of amides is 1. The number of benzene rings is 1. The van der Waals surface area contributed by atoms with Crippen LogP contribution in [0, 0.1) is 6.92 Å². The summed E-state index contributed by atoms with van der Waals surface area (Å²) >= 11 is 0. The molecule has 94 valence electrons. The zero-order valence-corrected chi connectivity index (χ0v) is 10.5. The van der Waals surface area contributed by atoms with Crippen LogP contribution in [0.25, 0.3) is 0 Å². The third kappa shape index (κ3) is 4.07. The lowest BCUT2D eigenvalue weighted by Crippen LogP contribution is -2.32. The molecular weight excluding hydrogens is 218 g/mol. The molecule has 1 rings (SSSR count). The summed E-state index contributed by atoms with van der Waals surface area (Å²) in [5, 5.41) is 12.4. The fraction of sp³-hybridized carbons (Fsp3) is 0.462. The summed E-state index contributed by atoms with van der Waals surface area (Å²) in [7, 11) is 0. The Morgan fingerprint density at radius 3 is 2.82 bits per heavy atom. The second kappa shape index (κ2) is 6.25. The molecule has 0 aliphatic carbocycles. The van der Waals surface area contributed by atoms with Gasteiger partial charge >= 0.3 is 0 Å². The molecule has 1 unspecified atom stereocenters. The minimum absolute atomic E-state index is 0.00608. The zero-order chi connectivity index (χ0) is 12.8. The first-order valence-electron chi connectivity index (χ1n) is 5.74. The Bertz CT molecular complexity index is 390. The number of carbonyl (C=O) groups is 1. The zero-order valence-electron chi connectivity index (χ0n) is 10.5. The SMILES string of the molecule is CCOC(C)CNC(=O)c1ccc(C)cc1O. The van der Waals surface area contributed by atoms with E-state index in [1.165, 1.54) is 0 Å². The van der Waals surface area contributed by atoms with Gasteiger partial charge in [0.25, 0.3) is 5.91 Å². The molecule has 0 aliphatic heterocycles. The van der Waals surface area contributed by atoms with Crippen LogP contribution in [-0.4, -0.2) is 30.3 Å². The molecule has 0 aliphatic rings. The smallest absolute Gasteiger partial charge is 0.255 e. The van der Waals surface area contributed by atoms with E-state index >= 15 is 0 Å². The van der Waals surface area contributed by atoms with Crippen LogP contribution in [0.5, 0.6) is 5.75 Å². The highest BCUT2D eigenvalue weighted by atomic mass is 16.5. The van der Waals surface area contributed by atoms with Crippen LogP contribution in [0.3, 0.4) is 0 Å². The van der Waals surface area contributed by atoms with Crippen molar-refractivity contribution in [2.45, 2.75) is 26.9 Å². The van der Waals surface area contributed by atoms with Gasteiger partial charge in [0.1, 0.15) is 5.75 Å². The summed E-state index contributed by atoms with van der Waals surface area (Å²) in [6.07, 6.45) is -0.0310. The van der Waals surface area contributed by atoms with Gasteiger partial charge in [-0.25, -0.2) is 0 Å². The summed E-state index contributed by atoms with van der Waals surface area (Å²) in [4.78, 5) is 11.8. The van der Waals surface area contributed by atoms with Crippen LogP contribution in [0.15, 0.2) is 18.2 Å². The molecule has 0 saturated heterocycles. The normalized spacial score (nSPS) is 12.2. The third-order valence-electron chi connectivity index (χ3n) is 2.40. The predicted molar refractivity (Wildman–Crippen MR) is 66.3 cm³/mol. The Morgan fingerprint density at radius 1 is 1.53 bits per heavy atom. The molecule has 0 saturated carbocycles. The van der Waals surface area contributed by atoms with Gasteiger partial charge in [-0.1, -0.05) is 6.07 Å². The Kier molecular flexibility index (Phi) is 4.97. The van der Waals surface area contributed by atoms with E-state index in [0.29, 0.717) is 18.7 Å². The Morgan fingerprint density at radius 2 is 2.24 bits per heavy atom. The summed E-state index contributed by atoms with van der Waals surface area (Å²) in [6.45, 7) is 6.70. The van der Waals surface area contributed by atoms with Gasteiger partial charge in [0.15, 0.2) is 0 Å². The van der Waals surface area contributed by atoms with E-state index in [9.17, 15) is 9.90 Å². The van der Waals surface area contributed by atoms with E-state index in [1.807, 2.05) is 20.8 Å². The van der Waals surface area contributed by atoms with Crippen molar-refractivity contribution < 1.29 is 14.6 Å². The topological polar surface area (TPSA) is 58.6 Å². The number of rotatable bonds is 5. The van der Waals surface area contributed by atoms with Crippen LogP contribution in [0.1, 0.15) is 29.8 Å². The molecular formula is C13H19NO3. The molecule has 1 aromatic carbocycles. The molecule has 2 N–H and O–H groups in total. The predicted octanol–water partition coefficient (Wildman–Crippen LogP) is 1.86. The lowest BCUT2D eigenvalue weighted by atomic mass is 10.1.